The summed E-state index contributed by atoms with van der Waals surface area (Å²) in [6.07, 6.45) is -10.1. The van der Waals surface area contributed by atoms with Crippen molar-refractivity contribution >= 4 is 23.2 Å². The number of hydrogen-bond acceptors (Lipinski definition) is 4. The Morgan fingerprint density at radius 3 is 1.18 bits per heavy atom. The zero-order valence-corrected chi connectivity index (χ0v) is 17.0. The van der Waals surface area contributed by atoms with Crippen LogP contribution in [-0.4, -0.2) is 11.8 Å². The summed E-state index contributed by atoms with van der Waals surface area (Å²) in [7, 11) is 0. The van der Waals surface area contributed by atoms with Crippen molar-refractivity contribution in [2.45, 2.75) is 12.4 Å². The molecular formula is C22H16F6N4O2. The maximum atomic E-state index is 13.9. The van der Waals surface area contributed by atoms with Crippen LogP contribution in [0.2, 0.25) is 0 Å². The fourth-order valence-corrected chi connectivity index (χ4v) is 3.60. The van der Waals surface area contributed by atoms with E-state index in [1.807, 2.05) is 0 Å². The molecule has 0 heterocycles. The number of anilines is 2. The monoisotopic (exact) mass is 482 g/mol. The topological polar surface area (TPSA) is 138 Å². The van der Waals surface area contributed by atoms with Gasteiger partial charge in [-0.3, -0.25) is 9.59 Å². The number of halogens is 6. The lowest BCUT2D eigenvalue weighted by Crippen LogP contribution is -2.19. The summed E-state index contributed by atoms with van der Waals surface area (Å²) < 4.78 is 83.4. The number of amides is 2. The predicted octanol–water partition coefficient (Wildman–Crippen LogP) is 4.42. The van der Waals surface area contributed by atoms with Gasteiger partial charge >= 0.3 is 12.4 Å². The summed E-state index contributed by atoms with van der Waals surface area (Å²) in [6, 6.07) is 6.80. The third-order valence-corrected chi connectivity index (χ3v) is 4.97. The molecule has 0 bridgehead atoms. The summed E-state index contributed by atoms with van der Waals surface area (Å²) in [4.78, 5) is 24.4. The number of carbonyl (C=O) groups is 2. The van der Waals surface area contributed by atoms with Gasteiger partial charge in [-0.1, -0.05) is 12.1 Å². The van der Waals surface area contributed by atoms with Crippen LogP contribution in [0.1, 0.15) is 31.8 Å². The van der Waals surface area contributed by atoms with E-state index in [4.69, 9.17) is 22.9 Å². The lowest BCUT2D eigenvalue weighted by molar-refractivity contribution is -0.138. The molecule has 6 nitrogen and oxygen atoms in total. The van der Waals surface area contributed by atoms with E-state index in [2.05, 4.69) is 0 Å². The normalized spacial score (nSPS) is 11.9. The maximum absolute atomic E-state index is 13.9. The third kappa shape index (κ3) is 4.47. The van der Waals surface area contributed by atoms with E-state index in [9.17, 15) is 35.9 Å². The first-order valence-electron chi connectivity index (χ1n) is 9.33. The molecule has 8 N–H and O–H groups in total. The second kappa shape index (κ2) is 8.28. The van der Waals surface area contributed by atoms with Crippen molar-refractivity contribution in [3.63, 3.8) is 0 Å². The maximum Gasteiger partial charge on any atom is 0.417 e. The van der Waals surface area contributed by atoms with Crippen molar-refractivity contribution in [1.82, 2.24) is 0 Å². The molecule has 0 fully saturated rings. The minimum absolute atomic E-state index is 0.298. The Balaban J connectivity index is 2.64. The Morgan fingerprint density at radius 2 is 0.912 bits per heavy atom. The fourth-order valence-electron chi connectivity index (χ4n) is 3.60. The standard InChI is InChI=1S/C22H16F6N4O2/c23-21(24,25)15-7-9(29)1-3-11(15)17-13(19(31)33)5-6-14(20(32)34)18(17)12-4-2-10(30)8-16(12)22(26,27)28/h1-8H,29-30H2,(H2,31,33)(H2,32,34). The highest BCUT2D eigenvalue weighted by Crippen LogP contribution is 2.47. The second-order valence-corrected chi connectivity index (χ2v) is 7.24. The third-order valence-electron chi connectivity index (χ3n) is 4.97. The molecule has 0 aliphatic heterocycles. The largest absolute Gasteiger partial charge is 0.417 e. The van der Waals surface area contributed by atoms with Crippen LogP contribution in [0.5, 0.6) is 0 Å². The van der Waals surface area contributed by atoms with Gasteiger partial charge in [0.2, 0.25) is 11.8 Å². The van der Waals surface area contributed by atoms with Gasteiger partial charge in [0.15, 0.2) is 0 Å². The van der Waals surface area contributed by atoms with Gasteiger partial charge in [-0.15, -0.1) is 0 Å². The minimum atomic E-state index is -5.03. The average molecular weight is 482 g/mol. The Labute approximate surface area is 188 Å². The van der Waals surface area contributed by atoms with Crippen LogP contribution in [-0.2, 0) is 12.4 Å². The molecular weight excluding hydrogens is 466 g/mol. The van der Waals surface area contributed by atoms with Crippen LogP contribution in [0.25, 0.3) is 22.3 Å². The van der Waals surface area contributed by atoms with Crippen molar-refractivity contribution < 1.29 is 35.9 Å². The van der Waals surface area contributed by atoms with Crippen molar-refractivity contribution in [2.24, 2.45) is 11.5 Å². The second-order valence-electron chi connectivity index (χ2n) is 7.24. The van der Waals surface area contributed by atoms with Crippen molar-refractivity contribution in [3.05, 3.63) is 70.8 Å². The number of primary amides is 2. The first kappa shape index (κ1) is 24.4. The number of nitrogen functional groups attached to an aromatic ring is 2. The fraction of sp³-hybridized carbons (Fsp3) is 0.0909. The molecule has 0 unspecified atom stereocenters. The first-order valence-corrected chi connectivity index (χ1v) is 9.33. The van der Waals surface area contributed by atoms with Gasteiger partial charge in [-0.2, -0.15) is 26.3 Å². The van der Waals surface area contributed by atoms with E-state index in [1.165, 1.54) is 0 Å². The SMILES string of the molecule is NC(=O)c1ccc(C(N)=O)c(-c2ccc(N)cc2C(F)(F)F)c1-c1ccc(N)cc1C(F)(F)F. The molecule has 2 amide bonds. The Kier molecular flexibility index (Phi) is 5.95. The molecule has 34 heavy (non-hydrogen) atoms. The summed E-state index contributed by atoms with van der Waals surface area (Å²) in [5.41, 5.74) is 14.5. The van der Waals surface area contributed by atoms with E-state index in [0.29, 0.717) is 12.1 Å². The van der Waals surface area contributed by atoms with Crippen LogP contribution in [0.3, 0.4) is 0 Å². The van der Waals surface area contributed by atoms with Crippen molar-refractivity contribution in [1.29, 1.82) is 0 Å². The molecule has 12 heteroatoms. The Bertz CT molecular complexity index is 1220. The van der Waals surface area contributed by atoms with Crippen molar-refractivity contribution in [3.8, 4) is 22.3 Å². The van der Waals surface area contributed by atoms with E-state index in [1.54, 1.807) is 0 Å². The van der Waals surface area contributed by atoms with Crippen LogP contribution in [0.15, 0.2) is 48.5 Å². The van der Waals surface area contributed by atoms with Gasteiger partial charge in [0.05, 0.1) is 11.1 Å². The lowest BCUT2D eigenvalue weighted by Gasteiger charge is -2.23. The summed E-state index contributed by atoms with van der Waals surface area (Å²) in [6.45, 7) is 0. The van der Waals surface area contributed by atoms with Gasteiger partial charge in [0.1, 0.15) is 0 Å². The Morgan fingerprint density at radius 1 is 0.588 bits per heavy atom. The van der Waals surface area contributed by atoms with Gasteiger partial charge in [-0.25, -0.2) is 0 Å². The summed E-state index contributed by atoms with van der Waals surface area (Å²) in [5.74, 6) is -2.50. The number of hydrogen-bond donors (Lipinski definition) is 4. The predicted molar refractivity (Wildman–Crippen MR) is 113 cm³/mol. The first-order chi connectivity index (χ1) is 15.6. The zero-order valence-electron chi connectivity index (χ0n) is 17.0. The van der Waals surface area contributed by atoms with Gasteiger partial charge in [-0.05, 0) is 47.5 Å². The number of benzene rings is 3. The van der Waals surface area contributed by atoms with E-state index < -0.39 is 68.7 Å². The summed E-state index contributed by atoms with van der Waals surface area (Å²) in [5, 5.41) is 0. The lowest BCUT2D eigenvalue weighted by atomic mass is 9.83. The highest BCUT2D eigenvalue weighted by atomic mass is 19.4. The zero-order chi connectivity index (χ0) is 25.6. The van der Waals surface area contributed by atoms with Crippen LogP contribution in [0, 0.1) is 0 Å². The molecule has 0 atom stereocenters. The van der Waals surface area contributed by atoms with Gasteiger partial charge < -0.3 is 22.9 Å². The van der Waals surface area contributed by atoms with E-state index in [0.717, 1.165) is 36.4 Å². The number of alkyl halides is 6. The molecule has 0 aliphatic rings. The summed E-state index contributed by atoms with van der Waals surface area (Å²) >= 11 is 0. The van der Waals surface area contributed by atoms with Crippen LogP contribution in [0.4, 0.5) is 37.7 Å². The molecule has 0 aromatic heterocycles. The molecule has 0 spiro atoms. The average Bonchev–Trinajstić information content (AvgIpc) is 2.71. The molecule has 0 saturated carbocycles. The van der Waals surface area contributed by atoms with Gasteiger partial charge in [0.25, 0.3) is 0 Å². The van der Waals surface area contributed by atoms with Crippen molar-refractivity contribution in [2.75, 3.05) is 11.5 Å². The van der Waals surface area contributed by atoms with E-state index >= 15 is 0 Å². The number of carbonyl (C=O) groups excluding carboxylic acids is 2. The van der Waals surface area contributed by atoms with Gasteiger partial charge in [0, 0.05) is 33.6 Å². The smallest absolute Gasteiger partial charge is 0.399 e. The molecule has 0 radical (unpaired) electrons. The molecule has 0 aliphatic carbocycles. The molecule has 3 aromatic rings. The van der Waals surface area contributed by atoms with E-state index in [-0.39, 0.29) is 11.4 Å². The highest BCUT2D eigenvalue weighted by molar-refractivity contribution is 6.11. The van der Waals surface area contributed by atoms with Crippen LogP contribution < -0.4 is 22.9 Å². The minimum Gasteiger partial charge on any atom is -0.399 e. The quantitative estimate of drug-likeness (QED) is 0.323. The number of nitrogens with two attached hydrogens (primary N) is 4. The highest BCUT2D eigenvalue weighted by Gasteiger charge is 2.39. The Hall–Kier alpha value is -4.22. The van der Waals surface area contributed by atoms with Crippen LogP contribution >= 0.6 is 0 Å². The molecule has 0 saturated heterocycles. The molecule has 3 rings (SSSR count). The molecule has 3 aromatic carbocycles. The molecule has 178 valence electrons. The number of rotatable bonds is 4.